The van der Waals surface area contributed by atoms with E-state index in [2.05, 4.69) is 31.3 Å². The van der Waals surface area contributed by atoms with Crippen LogP contribution in [0, 0.1) is 0 Å². The summed E-state index contributed by atoms with van der Waals surface area (Å²) in [6.07, 6.45) is 0.833. The highest BCUT2D eigenvalue weighted by Crippen LogP contribution is 2.20. The molecule has 1 aromatic heterocycles. The van der Waals surface area contributed by atoms with Crippen molar-refractivity contribution in [2.75, 3.05) is 17.7 Å². The van der Waals surface area contributed by atoms with E-state index in [4.69, 9.17) is 4.42 Å². The molecular weight excluding hydrogens is 328 g/mol. The Kier molecular flexibility index (Phi) is 4.41. The number of carbonyl (C=O) groups excluding carboxylic acids is 2. The lowest BCUT2D eigenvalue weighted by molar-refractivity contribution is 0.102. The lowest BCUT2D eigenvalue weighted by Crippen LogP contribution is -2.13. The summed E-state index contributed by atoms with van der Waals surface area (Å²) in [6.45, 7) is 0. The fourth-order valence-electron chi connectivity index (χ4n) is 1.50. The molecule has 2 rings (SSSR count). The summed E-state index contributed by atoms with van der Waals surface area (Å²) >= 11 is 3.14. The molecule has 104 valence electrons. The summed E-state index contributed by atoms with van der Waals surface area (Å²) < 4.78 is 9.85. The summed E-state index contributed by atoms with van der Waals surface area (Å²) in [6, 6.07) is 8.25. The minimum Gasteiger partial charge on any atom is -0.457 e. The molecule has 2 amide bonds. The van der Waals surface area contributed by atoms with Gasteiger partial charge in [0.15, 0.2) is 4.67 Å². The van der Waals surface area contributed by atoms with Crippen molar-refractivity contribution in [3.63, 3.8) is 0 Å². The van der Waals surface area contributed by atoms with Crippen LogP contribution in [0.2, 0.25) is 0 Å². The number of nitrogens with one attached hydrogen (secondary N) is 2. The van der Waals surface area contributed by atoms with Crippen molar-refractivity contribution in [3.05, 3.63) is 46.8 Å². The summed E-state index contributed by atoms with van der Waals surface area (Å²) in [5.74, 6) is -0.319. The maximum atomic E-state index is 12.0. The van der Waals surface area contributed by atoms with Crippen LogP contribution in [0.15, 0.2) is 45.7 Å². The highest BCUT2D eigenvalue weighted by molar-refractivity contribution is 9.10. The third-order valence-electron chi connectivity index (χ3n) is 2.41. The highest BCUT2D eigenvalue weighted by Gasteiger charge is 2.13. The average molecular weight is 339 g/mol. The van der Waals surface area contributed by atoms with E-state index < -0.39 is 6.09 Å². The Labute approximate surface area is 123 Å². The van der Waals surface area contributed by atoms with E-state index in [-0.39, 0.29) is 5.91 Å². The molecule has 0 saturated heterocycles. The van der Waals surface area contributed by atoms with Crippen LogP contribution in [0.4, 0.5) is 16.2 Å². The molecule has 0 unspecified atom stereocenters. The standard InChI is InChI=1S/C13H11BrN2O4/c1-19-13(18)16-9-4-2-3-8(7-9)15-12(17)10-5-6-20-11(10)14/h2-7H,1H3,(H,15,17)(H,16,18). The molecule has 0 fully saturated rings. The van der Waals surface area contributed by atoms with Gasteiger partial charge in [-0.1, -0.05) is 6.07 Å². The van der Waals surface area contributed by atoms with E-state index in [1.54, 1.807) is 30.3 Å². The second-order valence-electron chi connectivity index (χ2n) is 3.76. The number of ether oxygens (including phenoxy) is 1. The highest BCUT2D eigenvalue weighted by atomic mass is 79.9. The third kappa shape index (κ3) is 3.39. The number of amides is 2. The zero-order valence-electron chi connectivity index (χ0n) is 10.5. The van der Waals surface area contributed by atoms with Gasteiger partial charge in [-0.15, -0.1) is 0 Å². The summed E-state index contributed by atoms with van der Waals surface area (Å²) in [7, 11) is 1.28. The smallest absolute Gasteiger partial charge is 0.411 e. The van der Waals surface area contributed by atoms with E-state index >= 15 is 0 Å². The van der Waals surface area contributed by atoms with Crippen molar-refractivity contribution < 1.29 is 18.7 Å². The molecule has 0 bridgehead atoms. The van der Waals surface area contributed by atoms with Gasteiger partial charge in [-0.3, -0.25) is 10.1 Å². The quantitative estimate of drug-likeness (QED) is 0.897. The van der Waals surface area contributed by atoms with Crippen LogP contribution in [0.5, 0.6) is 0 Å². The van der Waals surface area contributed by atoms with Crippen molar-refractivity contribution in [2.24, 2.45) is 0 Å². The number of anilines is 2. The Hall–Kier alpha value is -2.28. The molecule has 1 heterocycles. The van der Waals surface area contributed by atoms with E-state index in [1.807, 2.05) is 0 Å². The van der Waals surface area contributed by atoms with Crippen LogP contribution in [0.3, 0.4) is 0 Å². The van der Waals surface area contributed by atoms with Gasteiger partial charge in [0.1, 0.15) is 0 Å². The Morgan fingerprint density at radius 3 is 2.50 bits per heavy atom. The van der Waals surface area contributed by atoms with Gasteiger partial charge in [0.25, 0.3) is 5.91 Å². The first-order valence-corrected chi connectivity index (χ1v) is 6.39. The number of methoxy groups -OCH3 is 1. The maximum Gasteiger partial charge on any atom is 0.411 e. The Morgan fingerprint density at radius 2 is 1.90 bits per heavy atom. The first kappa shape index (κ1) is 14.1. The number of hydrogen-bond donors (Lipinski definition) is 2. The number of carbonyl (C=O) groups is 2. The molecule has 2 N–H and O–H groups in total. The van der Waals surface area contributed by atoms with Gasteiger partial charge in [-0.05, 0) is 40.2 Å². The molecule has 0 radical (unpaired) electrons. The number of hydrogen-bond acceptors (Lipinski definition) is 4. The van der Waals surface area contributed by atoms with Crippen molar-refractivity contribution >= 4 is 39.3 Å². The van der Waals surface area contributed by atoms with Gasteiger partial charge >= 0.3 is 6.09 Å². The molecule has 0 aliphatic heterocycles. The third-order valence-corrected chi connectivity index (χ3v) is 3.03. The number of furan rings is 1. The zero-order valence-corrected chi connectivity index (χ0v) is 12.1. The van der Waals surface area contributed by atoms with Gasteiger partial charge in [-0.25, -0.2) is 4.79 Å². The van der Waals surface area contributed by atoms with Crippen LogP contribution in [0.1, 0.15) is 10.4 Å². The molecule has 0 saturated carbocycles. The summed E-state index contributed by atoms with van der Waals surface area (Å²) in [4.78, 5) is 23.1. The average Bonchev–Trinajstić information content (AvgIpc) is 2.85. The zero-order chi connectivity index (χ0) is 14.5. The second kappa shape index (κ2) is 6.25. The molecule has 20 heavy (non-hydrogen) atoms. The van der Waals surface area contributed by atoms with Crippen molar-refractivity contribution in [3.8, 4) is 0 Å². The van der Waals surface area contributed by atoms with Crippen LogP contribution in [0.25, 0.3) is 0 Å². The second-order valence-corrected chi connectivity index (χ2v) is 4.48. The Balaban J connectivity index is 2.10. The predicted octanol–water partition coefficient (Wildman–Crippen LogP) is 3.47. The van der Waals surface area contributed by atoms with Crippen LogP contribution in [-0.2, 0) is 4.74 Å². The van der Waals surface area contributed by atoms with Crippen molar-refractivity contribution in [2.45, 2.75) is 0 Å². The van der Waals surface area contributed by atoms with E-state index in [9.17, 15) is 9.59 Å². The van der Waals surface area contributed by atoms with Crippen LogP contribution in [-0.4, -0.2) is 19.1 Å². The normalized spacial score (nSPS) is 9.90. The van der Waals surface area contributed by atoms with Gasteiger partial charge in [0.2, 0.25) is 0 Å². The largest absolute Gasteiger partial charge is 0.457 e. The molecule has 6 nitrogen and oxygen atoms in total. The van der Waals surface area contributed by atoms with E-state index in [0.29, 0.717) is 21.6 Å². The molecular formula is C13H11BrN2O4. The molecule has 1 aromatic carbocycles. The topological polar surface area (TPSA) is 80.6 Å². The molecule has 2 aromatic rings. The fourth-order valence-corrected chi connectivity index (χ4v) is 1.92. The lowest BCUT2D eigenvalue weighted by Gasteiger charge is -2.07. The van der Waals surface area contributed by atoms with Gasteiger partial charge in [0, 0.05) is 11.4 Å². The SMILES string of the molecule is COC(=O)Nc1cccc(NC(=O)c2ccoc2Br)c1. The first-order valence-electron chi connectivity index (χ1n) is 5.59. The molecule has 0 aliphatic carbocycles. The van der Waals surface area contributed by atoms with Crippen molar-refractivity contribution in [1.82, 2.24) is 0 Å². The van der Waals surface area contributed by atoms with Crippen LogP contribution < -0.4 is 10.6 Å². The Morgan fingerprint density at radius 1 is 1.20 bits per heavy atom. The van der Waals surface area contributed by atoms with Crippen molar-refractivity contribution in [1.29, 1.82) is 0 Å². The summed E-state index contributed by atoms with van der Waals surface area (Å²) in [5.41, 5.74) is 1.44. The minimum atomic E-state index is -0.578. The van der Waals surface area contributed by atoms with E-state index in [0.717, 1.165) is 0 Å². The number of rotatable bonds is 3. The lowest BCUT2D eigenvalue weighted by atomic mass is 10.2. The first-order chi connectivity index (χ1) is 9.60. The number of halogens is 1. The molecule has 0 aliphatic rings. The minimum absolute atomic E-state index is 0.319. The van der Waals surface area contributed by atoms with Crippen LogP contribution >= 0.6 is 15.9 Å². The molecule has 0 spiro atoms. The molecule has 7 heteroatoms. The number of benzene rings is 1. The predicted molar refractivity (Wildman–Crippen MR) is 76.8 cm³/mol. The van der Waals surface area contributed by atoms with Gasteiger partial charge < -0.3 is 14.5 Å². The molecule has 0 atom stereocenters. The summed E-state index contributed by atoms with van der Waals surface area (Å²) in [5, 5.41) is 5.21. The maximum absolute atomic E-state index is 12.0. The monoisotopic (exact) mass is 338 g/mol. The van der Waals surface area contributed by atoms with Gasteiger partial charge in [0.05, 0.1) is 18.9 Å². The van der Waals surface area contributed by atoms with Gasteiger partial charge in [-0.2, -0.15) is 0 Å². The van der Waals surface area contributed by atoms with E-state index in [1.165, 1.54) is 13.4 Å². The fraction of sp³-hybridized carbons (Fsp3) is 0.0769. The Bertz CT molecular complexity index is 639.